The van der Waals surface area contributed by atoms with Crippen molar-refractivity contribution in [3.05, 3.63) is 138 Å². The Bertz CT molecular complexity index is 2190. The summed E-state index contributed by atoms with van der Waals surface area (Å²) >= 11 is 0. The zero-order valence-electron chi connectivity index (χ0n) is 22.3. The van der Waals surface area contributed by atoms with Crippen LogP contribution in [0.2, 0.25) is 0 Å². The van der Waals surface area contributed by atoms with Crippen LogP contribution in [0.4, 0.5) is 0 Å². The molecule has 0 unspecified atom stereocenters. The summed E-state index contributed by atoms with van der Waals surface area (Å²) < 4.78 is 4.22. The van der Waals surface area contributed by atoms with Gasteiger partial charge in [-0.25, -0.2) is 4.98 Å². The van der Waals surface area contributed by atoms with E-state index < -0.39 is 0 Å². The minimum atomic E-state index is -0.122. The highest BCUT2D eigenvalue weighted by atomic mass is 16.1. The van der Waals surface area contributed by atoms with Gasteiger partial charge in [0.05, 0.1) is 28.2 Å². The summed E-state index contributed by atoms with van der Waals surface area (Å²) in [5.41, 5.74) is 6.47. The van der Waals surface area contributed by atoms with Gasteiger partial charge in [0.1, 0.15) is 5.82 Å². The van der Waals surface area contributed by atoms with E-state index in [2.05, 4.69) is 51.6 Å². The molecule has 0 saturated heterocycles. The summed E-state index contributed by atoms with van der Waals surface area (Å²) in [6.07, 6.45) is 1.86. The van der Waals surface area contributed by atoms with Gasteiger partial charge in [0.25, 0.3) is 0 Å². The molecule has 0 spiro atoms. The normalized spacial score (nSPS) is 14.1. The van der Waals surface area contributed by atoms with Crippen molar-refractivity contribution in [3.8, 4) is 17.1 Å². The summed E-state index contributed by atoms with van der Waals surface area (Å²) in [5, 5.41) is 13.2. The number of hydrogen-bond acceptors (Lipinski definition) is 3. The van der Waals surface area contributed by atoms with Gasteiger partial charge in [-0.1, -0.05) is 91.0 Å². The lowest BCUT2D eigenvalue weighted by atomic mass is 10.0. The minimum absolute atomic E-state index is 0.122. The van der Waals surface area contributed by atoms with Crippen molar-refractivity contribution in [1.82, 2.24) is 14.1 Å². The molecular formula is C36H24N4O. The number of ketones is 1. The van der Waals surface area contributed by atoms with Crippen molar-refractivity contribution in [2.24, 2.45) is 7.05 Å². The molecule has 2 heterocycles. The molecule has 0 bridgehead atoms. The number of carbonyl (C=O) groups is 1. The molecule has 8 rings (SSSR count). The second-order valence-corrected chi connectivity index (χ2v) is 10.5. The number of fused-ring (bicyclic) bond motifs is 4. The first-order chi connectivity index (χ1) is 20.1. The average molecular weight is 529 g/mol. The largest absolute Gasteiger partial charge is 0.326 e. The van der Waals surface area contributed by atoms with Gasteiger partial charge in [-0.05, 0) is 46.5 Å². The molecule has 1 aliphatic carbocycles. The van der Waals surface area contributed by atoms with Gasteiger partial charge in [0.2, 0.25) is 0 Å². The van der Waals surface area contributed by atoms with Crippen LogP contribution in [0.3, 0.4) is 0 Å². The Balaban J connectivity index is 1.38. The fraction of sp³-hybridized carbons (Fsp3) is 0.0278. The third kappa shape index (κ3) is 3.46. The van der Waals surface area contributed by atoms with E-state index in [1.807, 2.05) is 85.9 Å². The summed E-state index contributed by atoms with van der Waals surface area (Å²) in [7, 11) is 2.02. The molecule has 5 heteroatoms. The highest BCUT2D eigenvalue weighted by Gasteiger charge is 2.31. The molecular weight excluding hydrogens is 504 g/mol. The monoisotopic (exact) mass is 528 g/mol. The van der Waals surface area contributed by atoms with Gasteiger partial charge in [0.15, 0.2) is 11.4 Å². The third-order valence-electron chi connectivity index (χ3n) is 8.12. The predicted molar refractivity (Wildman–Crippen MR) is 166 cm³/mol. The van der Waals surface area contributed by atoms with Crippen molar-refractivity contribution in [2.75, 3.05) is 0 Å². The lowest BCUT2D eigenvalue weighted by molar-refractivity contribution is 0.104. The molecule has 0 aliphatic heterocycles. The molecule has 0 atom stereocenters. The number of nitrogens with zero attached hydrogens (tertiary/aromatic N) is 3. The first kappa shape index (κ1) is 23.3. The van der Waals surface area contributed by atoms with Gasteiger partial charge >= 0.3 is 0 Å². The molecule has 0 saturated carbocycles. The van der Waals surface area contributed by atoms with Crippen LogP contribution in [0.5, 0.6) is 0 Å². The average Bonchev–Trinajstić information content (AvgIpc) is 3.61. The van der Waals surface area contributed by atoms with E-state index in [0.717, 1.165) is 55.5 Å². The second kappa shape index (κ2) is 8.73. The van der Waals surface area contributed by atoms with E-state index in [1.54, 1.807) is 0 Å². The highest BCUT2D eigenvalue weighted by molar-refractivity contribution is 6.42. The number of benzene rings is 5. The summed E-state index contributed by atoms with van der Waals surface area (Å²) in [6, 6.07) is 38.6. The molecule has 0 amide bonds. The van der Waals surface area contributed by atoms with E-state index in [1.165, 1.54) is 0 Å². The first-order valence-corrected chi connectivity index (χ1v) is 13.6. The van der Waals surface area contributed by atoms with E-state index in [4.69, 9.17) is 10.4 Å². The van der Waals surface area contributed by atoms with Gasteiger partial charge in [0, 0.05) is 29.1 Å². The number of allylic oxidation sites excluding steroid dienone is 1. The fourth-order valence-corrected chi connectivity index (χ4v) is 6.08. The molecule has 5 aromatic carbocycles. The molecule has 5 nitrogen and oxygen atoms in total. The number of Topliss-reactive ketones (excluding diaryl/α,β-unsaturated/α-hetero) is 1. The first-order valence-electron chi connectivity index (χ1n) is 13.6. The lowest BCUT2D eigenvalue weighted by Gasteiger charge is -2.12. The van der Waals surface area contributed by atoms with Crippen molar-refractivity contribution in [2.45, 2.75) is 0 Å². The summed E-state index contributed by atoms with van der Waals surface area (Å²) in [6.45, 7) is 0. The number of nitrogens with one attached hydrogen (secondary N) is 1. The van der Waals surface area contributed by atoms with Crippen molar-refractivity contribution in [1.29, 1.82) is 5.41 Å². The minimum Gasteiger partial charge on any atom is -0.326 e. The van der Waals surface area contributed by atoms with Crippen LogP contribution in [0.25, 0.3) is 55.9 Å². The number of carbonyl (C=O) groups excluding carboxylic acids is 1. The van der Waals surface area contributed by atoms with Gasteiger partial charge in [-0.15, -0.1) is 0 Å². The predicted octanol–water partition coefficient (Wildman–Crippen LogP) is 7.99. The Morgan fingerprint density at radius 2 is 1.39 bits per heavy atom. The molecule has 1 aliphatic rings. The summed E-state index contributed by atoms with van der Waals surface area (Å²) in [5.74, 6) is 0.746. The molecule has 0 fully saturated rings. The van der Waals surface area contributed by atoms with Crippen LogP contribution < -0.4 is 0 Å². The van der Waals surface area contributed by atoms with E-state index in [9.17, 15) is 4.79 Å². The molecule has 7 aromatic rings. The van der Waals surface area contributed by atoms with Crippen LogP contribution in [-0.2, 0) is 7.05 Å². The maximum atomic E-state index is 13.7. The highest BCUT2D eigenvalue weighted by Crippen LogP contribution is 2.36. The molecule has 2 aromatic heterocycles. The van der Waals surface area contributed by atoms with E-state index >= 15 is 0 Å². The summed E-state index contributed by atoms with van der Waals surface area (Å²) in [4.78, 5) is 18.9. The van der Waals surface area contributed by atoms with Crippen LogP contribution in [0, 0.1) is 5.41 Å². The van der Waals surface area contributed by atoms with Crippen LogP contribution in [-0.4, -0.2) is 25.6 Å². The van der Waals surface area contributed by atoms with Gasteiger partial charge < -0.3 is 4.57 Å². The Hall–Kier alpha value is -5.55. The number of rotatable bonds is 3. The molecule has 41 heavy (non-hydrogen) atoms. The lowest BCUT2D eigenvalue weighted by Crippen LogP contribution is -2.04. The quantitative estimate of drug-likeness (QED) is 0.236. The Labute approximate surface area is 236 Å². The maximum absolute atomic E-state index is 13.7. The molecule has 194 valence electrons. The Morgan fingerprint density at radius 1 is 0.732 bits per heavy atom. The van der Waals surface area contributed by atoms with Gasteiger partial charge in [-0.3, -0.25) is 14.8 Å². The van der Waals surface area contributed by atoms with Crippen molar-refractivity contribution >= 4 is 50.3 Å². The SMILES string of the molecule is Cn1c(-c2ccccc2)nc2c1cc(/C=C1/C(=N)c3cc4ccccc4cc3C1=O)n2-c1cccc2ccccc12. The standard InChI is InChI=1S/C36H24N4O/c1-39-32-21-26(20-30-33(37)28-18-24-13-5-6-14-25(24)19-29(28)34(30)41)40(31-17-9-15-22-10-7-8-16-27(22)31)36(32)38-35(39)23-11-3-2-4-12-23/h2-21,37H,1H3/b30-20-,37-33?. The number of aromatic nitrogens is 3. The third-order valence-corrected chi connectivity index (χ3v) is 8.12. The van der Waals surface area contributed by atoms with Gasteiger partial charge in [-0.2, -0.15) is 0 Å². The van der Waals surface area contributed by atoms with E-state index in [0.29, 0.717) is 16.7 Å². The van der Waals surface area contributed by atoms with E-state index in [-0.39, 0.29) is 11.5 Å². The number of aryl methyl sites for hydroxylation is 1. The zero-order valence-corrected chi connectivity index (χ0v) is 22.3. The Morgan fingerprint density at radius 3 is 2.17 bits per heavy atom. The van der Waals surface area contributed by atoms with Crippen LogP contribution >= 0.6 is 0 Å². The van der Waals surface area contributed by atoms with Crippen LogP contribution in [0.1, 0.15) is 21.6 Å². The van der Waals surface area contributed by atoms with Crippen molar-refractivity contribution < 1.29 is 4.79 Å². The second-order valence-electron chi connectivity index (χ2n) is 10.5. The Kier molecular flexibility index (Phi) is 4.97. The number of hydrogen-bond donors (Lipinski definition) is 1. The van der Waals surface area contributed by atoms with Crippen molar-refractivity contribution in [3.63, 3.8) is 0 Å². The fourth-order valence-electron chi connectivity index (χ4n) is 6.08. The molecule has 1 N–H and O–H groups in total. The zero-order chi connectivity index (χ0) is 27.7. The topological polar surface area (TPSA) is 63.7 Å². The maximum Gasteiger partial charge on any atom is 0.195 e. The smallest absolute Gasteiger partial charge is 0.195 e. The number of imidazole rings is 1. The molecule has 0 radical (unpaired) electrons. The van der Waals surface area contributed by atoms with Crippen LogP contribution in [0.15, 0.2) is 121 Å².